The van der Waals surface area contributed by atoms with Crippen LogP contribution >= 0.6 is 11.3 Å². The molecule has 6 nitrogen and oxygen atoms in total. The SMILES string of the molecule is C=C(C)CN(C)C(=O)c1sc(N2CCCC(N)C2)nc1N. The van der Waals surface area contributed by atoms with Crippen molar-refractivity contribution in [3.63, 3.8) is 0 Å². The Morgan fingerprint density at radius 2 is 2.33 bits per heavy atom. The first-order valence-corrected chi connectivity index (χ1v) is 7.86. The lowest BCUT2D eigenvalue weighted by Gasteiger charge is -2.30. The van der Waals surface area contributed by atoms with Gasteiger partial charge in [0.1, 0.15) is 10.7 Å². The molecule has 1 amide bonds. The number of anilines is 2. The van der Waals surface area contributed by atoms with Crippen LogP contribution in [0.25, 0.3) is 0 Å². The summed E-state index contributed by atoms with van der Waals surface area (Å²) in [5, 5.41) is 0.787. The third-order valence-corrected chi connectivity index (χ3v) is 4.54. The van der Waals surface area contributed by atoms with E-state index in [1.54, 1.807) is 11.9 Å². The molecule has 0 aromatic carbocycles. The standard InChI is InChI=1S/C14H23N5OS/c1-9(2)7-18(3)13(20)11-12(16)17-14(21-11)19-6-4-5-10(15)8-19/h10H,1,4-8,15-16H2,2-3H3. The number of likely N-dealkylation sites (N-methyl/N-ethyl adjacent to an activating group) is 1. The highest BCUT2D eigenvalue weighted by atomic mass is 32.1. The maximum Gasteiger partial charge on any atom is 0.267 e. The Labute approximate surface area is 129 Å². The first-order chi connectivity index (χ1) is 9.88. The highest BCUT2D eigenvalue weighted by Crippen LogP contribution is 2.30. The van der Waals surface area contributed by atoms with Gasteiger partial charge in [-0.05, 0) is 19.8 Å². The average molecular weight is 309 g/mol. The summed E-state index contributed by atoms with van der Waals surface area (Å²) in [5.41, 5.74) is 12.8. The lowest BCUT2D eigenvalue weighted by molar-refractivity contribution is 0.0812. The van der Waals surface area contributed by atoms with Gasteiger partial charge in [0.2, 0.25) is 0 Å². The van der Waals surface area contributed by atoms with Crippen molar-refractivity contribution in [2.24, 2.45) is 5.73 Å². The molecule has 2 rings (SSSR count). The molecule has 2 heterocycles. The fourth-order valence-electron chi connectivity index (χ4n) is 2.44. The predicted octanol–water partition coefficient (Wildman–Crippen LogP) is 1.30. The van der Waals surface area contributed by atoms with Crippen LogP contribution in [0.5, 0.6) is 0 Å². The van der Waals surface area contributed by atoms with Crippen LogP contribution in [-0.2, 0) is 0 Å². The zero-order chi connectivity index (χ0) is 15.6. The lowest BCUT2D eigenvalue weighted by Crippen LogP contribution is -2.42. The van der Waals surface area contributed by atoms with Crippen LogP contribution in [-0.4, -0.2) is 48.5 Å². The second kappa shape index (κ2) is 6.44. The van der Waals surface area contributed by atoms with Gasteiger partial charge in [0, 0.05) is 32.7 Å². The number of carbonyl (C=O) groups excluding carboxylic acids is 1. The number of thiazole rings is 1. The van der Waals surface area contributed by atoms with Crippen molar-refractivity contribution in [1.82, 2.24) is 9.88 Å². The second-order valence-electron chi connectivity index (χ2n) is 5.68. The van der Waals surface area contributed by atoms with E-state index >= 15 is 0 Å². The molecule has 0 spiro atoms. The van der Waals surface area contributed by atoms with Gasteiger partial charge in [-0.3, -0.25) is 4.79 Å². The molecule has 0 aliphatic carbocycles. The minimum absolute atomic E-state index is 0.111. The van der Waals surface area contributed by atoms with Gasteiger partial charge >= 0.3 is 0 Å². The summed E-state index contributed by atoms with van der Waals surface area (Å²) < 4.78 is 0. The van der Waals surface area contributed by atoms with Crippen LogP contribution in [0, 0.1) is 0 Å². The van der Waals surface area contributed by atoms with E-state index in [-0.39, 0.29) is 11.9 Å². The fraction of sp³-hybridized carbons (Fsp3) is 0.571. The Hall–Kier alpha value is -1.60. The van der Waals surface area contributed by atoms with E-state index < -0.39 is 0 Å². The maximum absolute atomic E-state index is 12.4. The zero-order valence-corrected chi connectivity index (χ0v) is 13.4. The fourth-order valence-corrected chi connectivity index (χ4v) is 3.46. The van der Waals surface area contributed by atoms with Crippen molar-refractivity contribution in [3.05, 3.63) is 17.0 Å². The number of piperidine rings is 1. The summed E-state index contributed by atoms with van der Waals surface area (Å²) in [5.74, 6) is 0.188. The zero-order valence-electron chi connectivity index (χ0n) is 12.6. The summed E-state index contributed by atoms with van der Waals surface area (Å²) in [6.07, 6.45) is 2.07. The topological polar surface area (TPSA) is 88.5 Å². The van der Waals surface area contributed by atoms with Gasteiger partial charge < -0.3 is 21.3 Å². The molecule has 4 N–H and O–H groups in total. The minimum atomic E-state index is -0.111. The molecule has 0 radical (unpaired) electrons. The summed E-state index contributed by atoms with van der Waals surface area (Å²) in [7, 11) is 1.74. The quantitative estimate of drug-likeness (QED) is 0.819. The van der Waals surface area contributed by atoms with Crippen molar-refractivity contribution in [1.29, 1.82) is 0 Å². The molecular formula is C14H23N5OS. The van der Waals surface area contributed by atoms with Gasteiger partial charge in [-0.2, -0.15) is 0 Å². The number of nitrogens with two attached hydrogens (primary N) is 2. The molecule has 1 fully saturated rings. The van der Waals surface area contributed by atoms with Crippen molar-refractivity contribution < 1.29 is 4.79 Å². The maximum atomic E-state index is 12.4. The molecule has 1 saturated heterocycles. The smallest absolute Gasteiger partial charge is 0.267 e. The van der Waals surface area contributed by atoms with Crippen LogP contribution in [0.1, 0.15) is 29.4 Å². The van der Waals surface area contributed by atoms with E-state index in [0.29, 0.717) is 17.2 Å². The average Bonchev–Trinajstić information content (AvgIpc) is 2.79. The van der Waals surface area contributed by atoms with Gasteiger partial charge in [-0.15, -0.1) is 0 Å². The van der Waals surface area contributed by atoms with Gasteiger partial charge in [0.05, 0.1) is 0 Å². The van der Waals surface area contributed by atoms with E-state index in [9.17, 15) is 4.79 Å². The number of carbonyl (C=O) groups is 1. The molecule has 1 aliphatic heterocycles. The van der Waals surface area contributed by atoms with Gasteiger partial charge in [-0.25, -0.2) is 4.98 Å². The number of hydrogen-bond acceptors (Lipinski definition) is 6. The molecule has 0 bridgehead atoms. The highest BCUT2D eigenvalue weighted by Gasteiger charge is 2.24. The van der Waals surface area contributed by atoms with Crippen LogP contribution in [0.4, 0.5) is 10.9 Å². The number of nitrogen functional groups attached to an aromatic ring is 1. The van der Waals surface area contributed by atoms with Crippen LogP contribution in [0.3, 0.4) is 0 Å². The third-order valence-electron chi connectivity index (χ3n) is 3.42. The molecule has 0 saturated carbocycles. The van der Waals surface area contributed by atoms with Gasteiger partial charge in [-0.1, -0.05) is 23.5 Å². The van der Waals surface area contributed by atoms with Crippen molar-refractivity contribution in [3.8, 4) is 0 Å². The van der Waals surface area contributed by atoms with Crippen LogP contribution in [0.2, 0.25) is 0 Å². The van der Waals surface area contributed by atoms with E-state index in [0.717, 1.165) is 36.6 Å². The Morgan fingerprint density at radius 3 is 2.95 bits per heavy atom. The normalized spacial score (nSPS) is 18.6. The first kappa shape index (κ1) is 15.8. The van der Waals surface area contributed by atoms with Crippen molar-refractivity contribution in [2.45, 2.75) is 25.8 Å². The summed E-state index contributed by atoms with van der Waals surface area (Å²) in [4.78, 5) is 21.0. The lowest BCUT2D eigenvalue weighted by atomic mass is 10.1. The molecule has 21 heavy (non-hydrogen) atoms. The Morgan fingerprint density at radius 1 is 1.62 bits per heavy atom. The highest BCUT2D eigenvalue weighted by molar-refractivity contribution is 7.18. The second-order valence-corrected chi connectivity index (χ2v) is 6.65. The largest absolute Gasteiger partial charge is 0.382 e. The number of amides is 1. The monoisotopic (exact) mass is 309 g/mol. The molecule has 7 heteroatoms. The molecule has 1 aromatic heterocycles. The minimum Gasteiger partial charge on any atom is -0.382 e. The van der Waals surface area contributed by atoms with Crippen molar-refractivity contribution >= 4 is 28.2 Å². The molecule has 1 atom stereocenters. The number of rotatable bonds is 4. The van der Waals surface area contributed by atoms with E-state index in [4.69, 9.17) is 11.5 Å². The van der Waals surface area contributed by atoms with E-state index in [1.165, 1.54) is 11.3 Å². The molecular weight excluding hydrogens is 286 g/mol. The van der Waals surface area contributed by atoms with Crippen LogP contribution < -0.4 is 16.4 Å². The summed E-state index contributed by atoms with van der Waals surface area (Å²) in [6.45, 7) is 7.90. The summed E-state index contributed by atoms with van der Waals surface area (Å²) >= 11 is 1.34. The van der Waals surface area contributed by atoms with Crippen molar-refractivity contribution in [2.75, 3.05) is 37.3 Å². The number of nitrogens with zero attached hydrogens (tertiary/aromatic N) is 3. The van der Waals surface area contributed by atoms with E-state index in [2.05, 4.69) is 16.5 Å². The number of hydrogen-bond donors (Lipinski definition) is 2. The van der Waals surface area contributed by atoms with Crippen LogP contribution in [0.15, 0.2) is 12.2 Å². The molecule has 116 valence electrons. The Balaban J connectivity index is 2.15. The number of aromatic nitrogens is 1. The Kier molecular flexibility index (Phi) is 4.84. The van der Waals surface area contributed by atoms with Gasteiger partial charge in [0.25, 0.3) is 5.91 Å². The molecule has 1 unspecified atom stereocenters. The Bertz CT molecular complexity index is 541. The molecule has 1 aliphatic rings. The predicted molar refractivity (Wildman–Crippen MR) is 87.7 cm³/mol. The van der Waals surface area contributed by atoms with E-state index in [1.807, 2.05) is 6.92 Å². The molecule has 1 aromatic rings. The first-order valence-electron chi connectivity index (χ1n) is 7.05. The van der Waals surface area contributed by atoms with Gasteiger partial charge in [0.15, 0.2) is 5.13 Å². The summed E-state index contributed by atoms with van der Waals surface area (Å²) in [6, 6.07) is 0.161. The third kappa shape index (κ3) is 3.74.